The van der Waals surface area contributed by atoms with Gasteiger partial charge in [-0.2, -0.15) is 0 Å². The van der Waals surface area contributed by atoms with Crippen LogP contribution in [-0.2, 0) is 0 Å². The molecule has 2 aromatic heterocycles. The first-order valence-electron chi connectivity index (χ1n) is 5.07. The number of hydrogen-bond donors (Lipinski definition) is 2. The van der Waals surface area contributed by atoms with Crippen molar-refractivity contribution in [3.63, 3.8) is 0 Å². The Bertz CT molecular complexity index is 584. The Morgan fingerprint density at radius 3 is 2.61 bits per heavy atom. The molecule has 0 atom stereocenters. The van der Waals surface area contributed by atoms with Crippen LogP contribution in [0.2, 0.25) is 0 Å². The number of aromatic carboxylic acids is 1. The van der Waals surface area contributed by atoms with Crippen LogP contribution in [0.1, 0.15) is 20.7 Å². The molecular formula is C12H9N3O3. The number of carboxylic acids is 1. The first kappa shape index (κ1) is 11.7. The van der Waals surface area contributed by atoms with Crippen molar-refractivity contribution >= 4 is 17.7 Å². The predicted octanol–water partition coefficient (Wildman–Crippen LogP) is 1.43. The Morgan fingerprint density at radius 2 is 1.94 bits per heavy atom. The van der Waals surface area contributed by atoms with Crippen LogP contribution >= 0.6 is 0 Å². The third-order valence-electron chi connectivity index (χ3n) is 2.15. The highest BCUT2D eigenvalue weighted by molar-refractivity contribution is 6.04. The molecule has 0 saturated heterocycles. The quantitative estimate of drug-likeness (QED) is 0.850. The second-order valence-corrected chi connectivity index (χ2v) is 3.44. The van der Waals surface area contributed by atoms with Gasteiger partial charge in [-0.05, 0) is 18.2 Å². The molecule has 0 aliphatic carbocycles. The standard InChI is InChI=1S/C12H9N3O3/c16-11(15-10-3-1-2-4-14-10)8-5-9(12(17)18)7-13-6-8/h1-7H,(H,17,18)(H,14,15,16). The van der Waals surface area contributed by atoms with Crippen molar-refractivity contribution in [2.45, 2.75) is 0 Å². The highest BCUT2D eigenvalue weighted by Crippen LogP contribution is 2.07. The Morgan fingerprint density at radius 1 is 1.17 bits per heavy atom. The smallest absolute Gasteiger partial charge is 0.337 e. The number of amides is 1. The van der Waals surface area contributed by atoms with Gasteiger partial charge in [-0.1, -0.05) is 6.07 Å². The fourth-order valence-corrected chi connectivity index (χ4v) is 1.31. The molecule has 2 heterocycles. The van der Waals surface area contributed by atoms with E-state index in [1.807, 2.05) is 0 Å². The maximum absolute atomic E-state index is 11.8. The van der Waals surface area contributed by atoms with Crippen LogP contribution in [0.15, 0.2) is 42.9 Å². The van der Waals surface area contributed by atoms with Crippen molar-refractivity contribution in [1.29, 1.82) is 0 Å². The van der Waals surface area contributed by atoms with Gasteiger partial charge in [-0.15, -0.1) is 0 Å². The lowest BCUT2D eigenvalue weighted by Crippen LogP contribution is -2.14. The zero-order valence-electron chi connectivity index (χ0n) is 9.20. The van der Waals surface area contributed by atoms with E-state index in [1.165, 1.54) is 18.5 Å². The lowest BCUT2D eigenvalue weighted by atomic mass is 10.2. The molecule has 6 heteroatoms. The summed E-state index contributed by atoms with van der Waals surface area (Å²) in [7, 11) is 0. The molecule has 1 amide bonds. The number of aromatic nitrogens is 2. The highest BCUT2D eigenvalue weighted by Gasteiger charge is 2.10. The monoisotopic (exact) mass is 243 g/mol. The summed E-state index contributed by atoms with van der Waals surface area (Å²) in [6.07, 6.45) is 4.02. The topological polar surface area (TPSA) is 92.2 Å². The van der Waals surface area contributed by atoms with E-state index >= 15 is 0 Å². The van der Waals surface area contributed by atoms with E-state index in [1.54, 1.807) is 24.4 Å². The summed E-state index contributed by atoms with van der Waals surface area (Å²) in [6.45, 7) is 0. The Labute approximate surface area is 102 Å². The maximum atomic E-state index is 11.8. The van der Waals surface area contributed by atoms with Gasteiger partial charge in [0.25, 0.3) is 5.91 Å². The molecular weight excluding hydrogens is 234 g/mol. The van der Waals surface area contributed by atoms with Gasteiger partial charge in [0.1, 0.15) is 5.82 Å². The number of carbonyl (C=O) groups is 2. The first-order valence-corrected chi connectivity index (χ1v) is 5.07. The summed E-state index contributed by atoms with van der Waals surface area (Å²) in [6, 6.07) is 6.34. The molecule has 2 N–H and O–H groups in total. The molecule has 0 spiro atoms. The molecule has 0 saturated carbocycles. The summed E-state index contributed by atoms with van der Waals surface area (Å²) in [5, 5.41) is 11.3. The van der Waals surface area contributed by atoms with Crippen LogP contribution in [0.4, 0.5) is 5.82 Å². The van der Waals surface area contributed by atoms with Crippen LogP contribution in [0, 0.1) is 0 Å². The predicted molar refractivity (Wildman–Crippen MR) is 63.4 cm³/mol. The van der Waals surface area contributed by atoms with Crippen LogP contribution < -0.4 is 5.32 Å². The molecule has 0 aliphatic rings. The summed E-state index contributed by atoms with van der Waals surface area (Å²) in [5.74, 6) is -1.19. The summed E-state index contributed by atoms with van der Waals surface area (Å²) < 4.78 is 0. The lowest BCUT2D eigenvalue weighted by Gasteiger charge is -2.04. The van der Waals surface area contributed by atoms with Gasteiger partial charge in [0.2, 0.25) is 0 Å². The zero-order chi connectivity index (χ0) is 13.0. The largest absolute Gasteiger partial charge is 0.478 e. The molecule has 6 nitrogen and oxygen atoms in total. The first-order chi connectivity index (χ1) is 8.66. The fraction of sp³-hybridized carbons (Fsp3) is 0. The average Bonchev–Trinajstić information content (AvgIpc) is 2.40. The van der Waals surface area contributed by atoms with Crippen molar-refractivity contribution < 1.29 is 14.7 Å². The van der Waals surface area contributed by atoms with E-state index in [2.05, 4.69) is 15.3 Å². The molecule has 0 fully saturated rings. The highest BCUT2D eigenvalue weighted by atomic mass is 16.4. The number of nitrogens with one attached hydrogen (secondary N) is 1. The van der Waals surface area contributed by atoms with Gasteiger partial charge in [0.05, 0.1) is 11.1 Å². The molecule has 0 radical (unpaired) electrons. The van der Waals surface area contributed by atoms with Gasteiger partial charge < -0.3 is 10.4 Å². The molecule has 0 aromatic carbocycles. The summed E-state index contributed by atoms with van der Waals surface area (Å²) >= 11 is 0. The number of rotatable bonds is 3. The zero-order valence-corrected chi connectivity index (χ0v) is 9.20. The number of carbonyl (C=O) groups excluding carboxylic acids is 1. The maximum Gasteiger partial charge on any atom is 0.337 e. The fourth-order valence-electron chi connectivity index (χ4n) is 1.31. The summed E-state index contributed by atoms with van der Waals surface area (Å²) in [5.41, 5.74) is 0.129. The van der Waals surface area contributed by atoms with Crippen LogP contribution in [-0.4, -0.2) is 27.0 Å². The van der Waals surface area contributed by atoms with Crippen LogP contribution in [0.25, 0.3) is 0 Å². The molecule has 18 heavy (non-hydrogen) atoms. The van der Waals surface area contributed by atoms with Crippen molar-refractivity contribution in [2.24, 2.45) is 0 Å². The van der Waals surface area contributed by atoms with E-state index in [-0.39, 0.29) is 11.1 Å². The van der Waals surface area contributed by atoms with E-state index in [0.717, 1.165) is 0 Å². The molecule has 2 aromatic rings. The average molecular weight is 243 g/mol. The Hall–Kier alpha value is -2.76. The van der Waals surface area contributed by atoms with Crippen molar-refractivity contribution in [3.8, 4) is 0 Å². The number of nitrogens with zero attached hydrogens (tertiary/aromatic N) is 2. The molecule has 0 unspecified atom stereocenters. The minimum atomic E-state index is -1.13. The second-order valence-electron chi connectivity index (χ2n) is 3.44. The SMILES string of the molecule is O=C(O)c1cncc(C(=O)Nc2ccccn2)c1. The third kappa shape index (κ3) is 2.67. The normalized spacial score (nSPS) is 9.78. The van der Waals surface area contributed by atoms with E-state index in [4.69, 9.17) is 5.11 Å². The van der Waals surface area contributed by atoms with Gasteiger partial charge in [0, 0.05) is 18.6 Å². The van der Waals surface area contributed by atoms with Crippen LogP contribution in [0.5, 0.6) is 0 Å². The Kier molecular flexibility index (Phi) is 3.29. The van der Waals surface area contributed by atoms with E-state index < -0.39 is 11.9 Å². The summed E-state index contributed by atoms with van der Waals surface area (Å²) in [4.78, 5) is 30.2. The van der Waals surface area contributed by atoms with Crippen molar-refractivity contribution in [2.75, 3.05) is 5.32 Å². The number of carboxylic acid groups (broad SMARTS) is 1. The molecule has 90 valence electrons. The molecule has 0 aliphatic heterocycles. The van der Waals surface area contributed by atoms with Gasteiger partial charge in [-0.25, -0.2) is 9.78 Å². The van der Waals surface area contributed by atoms with Crippen molar-refractivity contribution in [1.82, 2.24) is 9.97 Å². The van der Waals surface area contributed by atoms with E-state index in [9.17, 15) is 9.59 Å². The van der Waals surface area contributed by atoms with Gasteiger partial charge in [-0.3, -0.25) is 9.78 Å². The number of hydrogen-bond acceptors (Lipinski definition) is 4. The minimum absolute atomic E-state index is 0.0383. The van der Waals surface area contributed by atoms with Gasteiger partial charge in [0.15, 0.2) is 0 Å². The Balaban J connectivity index is 2.19. The minimum Gasteiger partial charge on any atom is -0.478 e. The number of anilines is 1. The second kappa shape index (κ2) is 5.05. The van der Waals surface area contributed by atoms with E-state index in [0.29, 0.717) is 5.82 Å². The van der Waals surface area contributed by atoms with Crippen LogP contribution in [0.3, 0.4) is 0 Å². The molecule has 0 bridgehead atoms. The number of pyridine rings is 2. The van der Waals surface area contributed by atoms with Crippen molar-refractivity contribution in [3.05, 3.63) is 54.0 Å². The molecule has 2 rings (SSSR count). The third-order valence-corrected chi connectivity index (χ3v) is 2.15. The van der Waals surface area contributed by atoms with Gasteiger partial charge >= 0.3 is 5.97 Å². The lowest BCUT2D eigenvalue weighted by molar-refractivity contribution is 0.0696.